The highest BCUT2D eigenvalue weighted by Gasteiger charge is 2.29. The molecule has 2 aromatic rings. The van der Waals surface area contributed by atoms with Crippen LogP contribution in [0.4, 0.5) is 22.7 Å². The van der Waals surface area contributed by atoms with Crippen molar-refractivity contribution in [2.24, 2.45) is 0 Å². The molecule has 0 saturated carbocycles. The van der Waals surface area contributed by atoms with Gasteiger partial charge >= 0.3 is 11.4 Å². The van der Waals surface area contributed by atoms with Crippen molar-refractivity contribution >= 4 is 28.7 Å². The van der Waals surface area contributed by atoms with E-state index in [0.29, 0.717) is 5.69 Å². The molecule has 10 heteroatoms. The standard InChI is InChI=1S/C14H12N4O6/c1-8-4-2-3-5-10(8)15-13-11(17(21)22)6-9(14(19)16-20)7-12(13)18(23)24/h2-7,15,20H,1H3,(H,16,19). The molecule has 0 spiro atoms. The van der Waals surface area contributed by atoms with Crippen LogP contribution in [0.1, 0.15) is 15.9 Å². The van der Waals surface area contributed by atoms with E-state index in [-0.39, 0.29) is 5.69 Å². The number of anilines is 2. The highest BCUT2D eigenvalue weighted by Crippen LogP contribution is 2.38. The first-order chi connectivity index (χ1) is 11.3. The summed E-state index contributed by atoms with van der Waals surface area (Å²) in [6.45, 7) is 1.73. The van der Waals surface area contributed by atoms with E-state index >= 15 is 0 Å². The van der Waals surface area contributed by atoms with Crippen LogP contribution in [-0.4, -0.2) is 21.0 Å². The molecular formula is C14H12N4O6. The van der Waals surface area contributed by atoms with Gasteiger partial charge in [-0.15, -0.1) is 0 Å². The predicted molar refractivity (Wildman–Crippen MR) is 83.5 cm³/mol. The van der Waals surface area contributed by atoms with Gasteiger partial charge in [0.25, 0.3) is 5.91 Å². The third-order valence-corrected chi connectivity index (χ3v) is 3.26. The molecule has 0 fully saturated rings. The van der Waals surface area contributed by atoms with Gasteiger partial charge < -0.3 is 5.32 Å². The maximum absolute atomic E-state index is 11.5. The van der Waals surface area contributed by atoms with Crippen molar-refractivity contribution in [2.75, 3.05) is 5.32 Å². The van der Waals surface area contributed by atoms with Crippen LogP contribution in [0.3, 0.4) is 0 Å². The van der Waals surface area contributed by atoms with E-state index in [1.165, 1.54) is 5.48 Å². The number of carbonyl (C=O) groups excluding carboxylic acids is 1. The molecule has 10 nitrogen and oxygen atoms in total. The van der Waals surface area contributed by atoms with Gasteiger partial charge in [-0.3, -0.25) is 30.2 Å². The average molecular weight is 332 g/mol. The molecule has 3 N–H and O–H groups in total. The van der Waals surface area contributed by atoms with Gasteiger partial charge in [-0.1, -0.05) is 18.2 Å². The fourth-order valence-electron chi connectivity index (χ4n) is 2.07. The Kier molecular flexibility index (Phi) is 4.70. The SMILES string of the molecule is Cc1ccccc1Nc1c([N+](=O)[O-])cc(C(=O)NO)cc1[N+](=O)[O-]. The predicted octanol–water partition coefficient (Wildman–Crippen LogP) is 2.67. The summed E-state index contributed by atoms with van der Waals surface area (Å²) < 4.78 is 0. The number of hydrogen-bond acceptors (Lipinski definition) is 7. The van der Waals surface area contributed by atoms with Crippen molar-refractivity contribution in [3.63, 3.8) is 0 Å². The normalized spacial score (nSPS) is 10.1. The minimum absolute atomic E-state index is 0.353. The van der Waals surface area contributed by atoms with E-state index in [1.807, 2.05) is 0 Å². The Bertz CT molecular complexity index is 801. The Labute approximate surface area is 135 Å². The fourth-order valence-corrected chi connectivity index (χ4v) is 2.07. The van der Waals surface area contributed by atoms with Gasteiger partial charge in [-0.2, -0.15) is 0 Å². The number of aryl methyl sites for hydroxylation is 1. The number of nitro groups is 2. The van der Waals surface area contributed by atoms with E-state index in [2.05, 4.69) is 5.32 Å². The Morgan fingerprint density at radius 2 is 1.62 bits per heavy atom. The minimum Gasteiger partial charge on any atom is -0.344 e. The van der Waals surface area contributed by atoms with E-state index in [1.54, 1.807) is 31.2 Å². The Morgan fingerprint density at radius 3 is 2.08 bits per heavy atom. The monoisotopic (exact) mass is 332 g/mol. The second-order valence-electron chi connectivity index (χ2n) is 4.78. The number of amides is 1. The van der Waals surface area contributed by atoms with Gasteiger partial charge in [0.05, 0.1) is 15.4 Å². The topological polar surface area (TPSA) is 148 Å². The van der Waals surface area contributed by atoms with Gasteiger partial charge in [0.2, 0.25) is 0 Å². The maximum Gasteiger partial charge on any atom is 0.300 e. The highest BCUT2D eigenvalue weighted by atomic mass is 16.6. The molecule has 0 aliphatic rings. The molecule has 0 aliphatic carbocycles. The molecule has 0 bridgehead atoms. The van der Waals surface area contributed by atoms with Crippen LogP contribution in [0.25, 0.3) is 0 Å². The van der Waals surface area contributed by atoms with E-state index in [4.69, 9.17) is 5.21 Å². The fraction of sp³-hybridized carbons (Fsp3) is 0.0714. The zero-order chi connectivity index (χ0) is 17.9. The molecule has 2 aromatic carbocycles. The second-order valence-corrected chi connectivity index (χ2v) is 4.78. The molecular weight excluding hydrogens is 320 g/mol. The van der Waals surface area contributed by atoms with Crippen molar-refractivity contribution in [2.45, 2.75) is 6.92 Å². The Morgan fingerprint density at radius 1 is 1.08 bits per heavy atom. The van der Waals surface area contributed by atoms with Gasteiger partial charge in [0.15, 0.2) is 5.69 Å². The molecule has 0 heterocycles. The van der Waals surface area contributed by atoms with Crippen molar-refractivity contribution in [3.05, 3.63) is 67.8 Å². The van der Waals surface area contributed by atoms with Crippen LogP contribution >= 0.6 is 0 Å². The van der Waals surface area contributed by atoms with Crippen molar-refractivity contribution in [1.29, 1.82) is 0 Å². The van der Waals surface area contributed by atoms with Crippen LogP contribution in [0.15, 0.2) is 36.4 Å². The van der Waals surface area contributed by atoms with E-state index in [9.17, 15) is 25.0 Å². The smallest absolute Gasteiger partial charge is 0.300 e. The molecule has 0 aliphatic heterocycles. The number of nitro benzene ring substituents is 2. The summed E-state index contributed by atoms with van der Waals surface area (Å²) in [4.78, 5) is 32.3. The molecule has 0 unspecified atom stereocenters. The molecule has 1 amide bonds. The summed E-state index contributed by atoms with van der Waals surface area (Å²) >= 11 is 0. The second kappa shape index (κ2) is 6.71. The van der Waals surface area contributed by atoms with Crippen LogP contribution in [0.5, 0.6) is 0 Å². The number of hydrogen-bond donors (Lipinski definition) is 3. The molecule has 0 saturated heterocycles. The maximum atomic E-state index is 11.5. The molecule has 0 atom stereocenters. The lowest BCUT2D eigenvalue weighted by molar-refractivity contribution is -0.392. The highest BCUT2D eigenvalue weighted by molar-refractivity contribution is 5.97. The third kappa shape index (κ3) is 3.28. The van der Waals surface area contributed by atoms with E-state index in [0.717, 1.165) is 17.7 Å². The first kappa shape index (κ1) is 16.8. The largest absolute Gasteiger partial charge is 0.344 e. The first-order valence-electron chi connectivity index (χ1n) is 6.59. The van der Waals surface area contributed by atoms with Gasteiger partial charge in [-0.05, 0) is 18.6 Å². The van der Waals surface area contributed by atoms with Crippen LogP contribution in [-0.2, 0) is 0 Å². The summed E-state index contributed by atoms with van der Waals surface area (Å²) in [5.41, 5.74) is 0.369. The zero-order valence-corrected chi connectivity index (χ0v) is 12.3. The van der Waals surface area contributed by atoms with Gasteiger partial charge in [0, 0.05) is 17.8 Å². The van der Waals surface area contributed by atoms with Crippen molar-refractivity contribution in [3.8, 4) is 0 Å². The average Bonchev–Trinajstić information content (AvgIpc) is 2.55. The first-order valence-corrected chi connectivity index (χ1v) is 6.59. The number of nitrogens with zero attached hydrogens (tertiary/aromatic N) is 2. The van der Waals surface area contributed by atoms with Crippen molar-refractivity contribution in [1.82, 2.24) is 5.48 Å². The Balaban J connectivity index is 2.68. The third-order valence-electron chi connectivity index (χ3n) is 3.26. The van der Waals surface area contributed by atoms with Crippen molar-refractivity contribution < 1.29 is 19.8 Å². The number of hydroxylamine groups is 1. The zero-order valence-electron chi connectivity index (χ0n) is 12.3. The number of carbonyl (C=O) groups is 1. The van der Waals surface area contributed by atoms with E-state index < -0.39 is 32.7 Å². The van der Waals surface area contributed by atoms with Crippen LogP contribution in [0.2, 0.25) is 0 Å². The summed E-state index contributed by atoms with van der Waals surface area (Å²) in [7, 11) is 0. The molecule has 0 aromatic heterocycles. The lowest BCUT2D eigenvalue weighted by Gasteiger charge is -2.11. The lowest BCUT2D eigenvalue weighted by Crippen LogP contribution is -2.19. The number of rotatable bonds is 5. The van der Waals surface area contributed by atoms with Crippen LogP contribution in [0, 0.1) is 27.2 Å². The summed E-state index contributed by atoms with van der Waals surface area (Å²) in [6.07, 6.45) is 0. The van der Waals surface area contributed by atoms with Gasteiger partial charge in [-0.25, -0.2) is 5.48 Å². The quantitative estimate of drug-likeness (QED) is 0.433. The molecule has 0 radical (unpaired) electrons. The molecule has 2 rings (SSSR count). The summed E-state index contributed by atoms with van der Waals surface area (Å²) in [5, 5.41) is 33.9. The van der Waals surface area contributed by atoms with Crippen LogP contribution < -0.4 is 10.8 Å². The lowest BCUT2D eigenvalue weighted by atomic mass is 10.1. The summed E-state index contributed by atoms with van der Waals surface area (Å²) in [5.74, 6) is -1.09. The summed E-state index contributed by atoms with van der Waals surface area (Å²) in [6, 6.07) is 8.45. The number of para-hydroxylation sites is 1. The Hall–Kier alpha value is -3.53. The number of benzene rings is 2. The number of nitrogens with one attached hydrogen (secondary N) is 2. The minimum atomic E-state index is -1.09. The molecule has 124 valence electrons. The van der Waals surface area contributed by atoms with Gasteiger partial charge in [0.1, 0.15) is 0 Å². The molecule has 24 heavy (non-hydrogen) atoms.